The van der Waals surface area contributed by atoms with Gasteiger partial charge < -0.3 is 14.5 Å². The first kappa shape index (κ1) is 18.9. The van der Waals surface area contributed by atoms with Crippen LogP contribution in [0.2, 0.25) is 0 Å². The van der Waals surface area contributed by atoms with Crippen molar-refractivity contribution in [2.24, 2.45) is 5.92 Å². The number of carbonyl (C=O) groups is 2. The lowest BCUT2D eigenvalue weighted by atomic mass is 9.91. The second-order valence-corrected chi connectivity index (χ2v) is 7.54. The van der Waals surface area contributed by atoms with Crippen molar-refractivity contribution >= 4 is 11.8 Å². The zero-order chi connectivity index (χ0) is 18.4. The molecule has 0 bridgehead atoms. The van der Waals surface area contributed by atoms with Crippen molar-refractivity contribution in [1.29, 1.82) is 0 Å². The SMILES string of the molecule is CN(Cc1ccccc1)C(=O)CCC1CCN(C(=O)[C@@H]2CCCO2)CC1. The maximum Gasteiger partial charge on any atom is 0.251 e. The first-order valence-electron chi connectivity index (χ1n) is 9.82. The van der Waals surface area contributed by atoms with Gasteiger partial charge >= 0.3 is 0 Å². The summed E-state index contributed by atoms with van der Waals surface area (Å²) in [4.78, 5) is 28.5. The molecule has 2 fully saturated rings. The third-order valence-corrected chi connectivity index (χ3v) is 5.59. The van der Waals surface area contributed by atoms with Crippen LogP contribution in [-0.2, 0) is 20.9 Å². The lowest BCUT2D eigenvalue weighted by Crippen LogP contribution is -2.43. The smallest absolute Gasteiger partial charge is 0.251 e. The van der Waals surface area contributed by atoms with Crippen molar-refractivity contribution in [3.05, 3.63) is 35.9 Å². The molecule has 2 aliphatic heterocycles. The van der Waals surface area contributed by atoms with Gasteiger partial charge in [-0.1, -0.05) is 30.3 Å². The van der Waals surface area contributed by atoms with Gasteiger partial charge in [-0.3, -0.25) is 9.59 Å². The summed E-state index contributed by atoms with van der Waals surface area (Å²) in [5, 5.41) is 0. The first-order chi connectivity index (χ1) is 12.6. The van der Waals surface area contributed by atoms with Gasteiger partial charge in [-0.05, 0) is 43.6 Å². The predicted octanol–water partition coefficient (Wildman–Crippen LogP) is 2.84. The molecule has 1 aromatic rings. The summed E-state index contributed by atoms with van der Waals surface area (Å²) in [5.41, 5.74) is 1.16. The Morgan fingerprint density at radius 3 is 2.54 bits per heavy atom. The zero-order valence-electron chi connectivity index (χ0n) is 15.7. The minimum absolute atomic E-state index is 0.166. The number of benzene rings is 1. The number of nitrogens with zero attached hydrogens (tertiary/aromatic N) is 2. The minimum Gasteiger partial charge on any atom is -0.368 e. The van der Waals surface area contributed by atoms with Crippen LogP contribution in [0.15, 0.2) is 30.3 Å². The molecule has 2 aliphatic rings. The van der Waals surface area contributed by atoms with Crippen LogP contribution in [0.5, 0.6) is 0 Å². The Morgan fingerprint density at radius 2 is 1.88 bits per heavy atom. The highest BCUT2D eigenvalue weighted by atomic mass is 16.5. The Hall–Kier alpha value is -1.88. The number of amides is 2. The molecule has 142 valence electrons. The van der Waals surface area contributed by atoms with Crippen molar-refractivity contribution in [2.45, 2.75) is 51.2 Å². The molecule has 2 heterocycles. The van der Waals surface area contributed by atoms with E-state index in [-0.39, 0.29) is 17.9 Å². The number of carbonyl (C=O) groups excluding carboxylic acids is 2. The van der Waals surface area contributed by atoms with Gasteiger partial charge in [-0.2, -0.15) is 0 Å². The highest BCUT2D eigenvalue weighted by molar-refractivity contribution is 5.81. The maximum absolute atomic E-state index is 12.4. The Kier molecular flexibility index (Phi) is 6.67. The molecule has 1 atom stereocenters. The van der Waals surface area contributed by atoms with Crippen LogP contribution < -0.4 is 0 Å². The van der Waals surface area contributed by atoms with Crippen LogP contribution in [0.1, 0.15) is 44.1 Å². The number of piperidine rings is 1. The van der Waals surface area contributed by atoms with Crippen molar-refractivity contribution in [3.63, 3.8) is 0 Å². The Bertz CT molecular complexity index is 591. The molecule has 2 amide bonds. The van der Waals surface area contributed by atoms with E-state index >= 15 is 0 Å². The molecule has 3 rings (SSSR count). The number of hydrogen-bond donors (Lipinski definition) is 0. The van der Waals surface area contributed by atoms with Crippen LogP contribution in [0.25, 0.3) is 0 Å². The van der Waals surface area contributed by atoms with Crippen molar-refractivity contribution in [1.82, 2.24) is 9.80 Å². The quantitative estimate of drug-likeness (QED) is 0.786. The molecule has 0 N–H and O–H groups in total. The predicted molar refractivity (Wildman–Crippen MR) is 100 cm³/mol. The summed E-state index contributed by atoms with van der Waals surface area (Å²) in [6, 6.07) is 10.1. The van der Waals surface area contributed by atoms with Gasteiger partial charge in [0.15, 0.2) is 0 Å². The topological polar surface area (TPSA) is 49.9 Å². The van der Waals surface area contributed by atoms with E-state index in [1.807, 2.05) is 47.2 Å². The fourth-order valence-corrected chi connectivity index (χ4v) is 3.88. The molecule has 0 spiro atoms. The monoisotopic (exact) mass is 358 g/mol. The molecule has 0 aromatic heterocycles. The second kappa shape index (κ2) is 9.17. The molecule has 0 saturated carbocycles. The second-order valence-electron chi connectivity index (χ2n) is 7.54. The summed E-state index contributed by atoms with van der Waals surface area (Å²) in [6.45, 7) is 2.98. The van der Waals surface area contributed by atoms with Gasteiger partial charge in [0, 0.05) is 39.7 Å². The molecule has 5 nitrogen and oxygen atoms in total. The van der Waals surface area contributed by atoms with Gasteiger partial charge in [-0.25, -0.2) is 0 Å². The highest BCUT2D eigenvalue weighted by Gasteiger charge is 2.30. The average molecular weight is 358 g/mol. The Labute approximate surface area is 156 Å². The van der Waals surface area contributed by atoms with Gasteiger partial charge in [0.2, 0.25) is 5.91 Å². The number of rotatable bonds is 6. The zero-order valence-corrected chi connectivity index (χ0v) is 15.7. The van der Waals surface area contributed by atoms with Gasteiger partial charge in [0.05, 0.1) is 0 Å². The van der Waals surface area contributed by atoms with E-state index in [4.69, 9.17) is 4.74 Å². The molecule has 26 heavy (non-hydrogen) atoms. The fourth-order valence-electron chi connectivity index (χ4n) is 3.88. The summed E-state index contributed by atoms with van der Waals surface area (Å²) < 4.78 is 5.51. The maximum atomic E-state index is 12.4. The van der Waals surface area contributed by atoms with Crippen LogP contribution in [-0.4, -0.2) is 54.5 Å². The van der Waals surface area contributed by atoms with E-state index in [1.54, 1.807) is 0 Å². The molecular formula is C21H30N2O3. The highest BCUT2D eigenvalue weighted by Crippen LogP contribution is 2.24. The lowest BCUT2D eigenvalue weighted by Gasteiger charge is -2.33. The van der Waals surface area contributed by atoms with Crippen molar-refractivity contribution < 1.29 is 14.3 Å². The Balaban J connectivity index is 1.36. The van der Waals surface area contributed by atoms with E-state index < -0.39 is 0 Å². The molecule has 0 unspecified atom stereocenters. The molecule has 1 aromatic carbocycles. The molecule has 0 aliphatic carbocycles. The van der Waals surface area contributed by atoms with Crippen molar-refractivity contribution in [2.75, 3.05) is 26.7 Å². The summed E-state index contributed by atoms with van der Waals surface area (Å²) >= 11 is 0. The van der Waals surface area contributed by atoms with E-state index in [0.29, 0.717) is 25.5 Å². The number of hydrogen-bond acceptors (Lipinski definition) is 3. The summed E-state index contributed by atoms with van der Waals surface area (Å²) in [6.07, 6.45) is 5.14. The number of ether oxygens (including phenoxy) is 1. The van der Waals surface area contributed by atoms with Gasteiger partial charge in [-0.15, -0.1) is 0 Å². The minimum atomic E-state index is -0.209. The third-order valence-electron chi connectivity index (χ3n) is 5.59. The molecule has 0 radical (unpaired) electrons. The van der Waals surface area contributed by atoms with Gasteiger partial charge in [0.1, 0.15) is 6.10 Å². The van der Waals surface area contributed by atoms with E-state index in [9.17, 15) is 9.59 Å². The normalized spacial score (nSPS) is 21.0. The fraction of sp³-hybridized carbons (Fsp3) is 0.619. The van der Waals surface area contributed by atoms with Crippen LogP contribution >= 0.6 is 0 Å². The molecular weight excluding hydrogens is 328 g/mol. The van der Waals surface area contributed by atoms with Crippen LogP contribution in [0.4, 0.5) is 0 Å². The molecule has 5 heteroatoms. The molecule has 2 saturated heterocycles. The standard InChI is InChI=1S/C21H30N2O3/c1-22(16-18-6-3-2-4-7-18)20(24)10-9-17-11-13-23(14-12-17)21(25)19-8-5-15-26-19/h2-4,6-7,17,19H,5,8-16H2,1H3/t19-/m0/s1. The summed E-state index contributed by atoms with van der Waals surface area (Å²) in [7, 11) is 1.87. The first-order valence-corrected chi connectivity index (χ1v) is 9.82. The van der Waals surface area contributed by atoms with E-state index in [1.165, 1.54) is 0 Å². The van der Waals surface area contributed by atoms with Crippen LogP contribution in [0.3, 0.4) is 0 Å². The third kappa shape index (κ3) is 5.07. The Morgan fingerprint density at radius 1 is 1.15 bits per heavy atom. The number of likely N-dealkylation sites (tertiary alicyclic amines) is 1. The summed E-state index contributed by atoms with van der Waals surface area (Å²) in [5.74, 6) is 0.906. The van der Waals surface area contributed by atoms with Gasteiger partial charge in [0.25, 0.3) is 5.91 Å². The average Bonchev–Trinajstić information content (AvgIpc) is 3.21. The van der Waals surface area contributed by atoms with Crippen LogP contribution in [0, 0.1) is 5.92 Å². The van der Waals surface area contributed by atoms with E-state index in [2.05, 4.69) is 0 Å². The lowest BCUT2D eigenvalue weighted by molar-refractivity contribution is -0.142. The largest absolute Gasteiger partial charge is 0.368 e. The van der Waals surface area contributed by atoms with E-state index in [0.717, 1.165) is 50.8 Å². The van der Waals surface area contributed by atoms with Crippen molar-refractivity contribution in [3.8, 4) is 0 Å².